The Morgan fingerprint density at radius 3 is 2.14 bits per heavy atom. The zero-order valence-corrected chi connectivity index (χ0v) is 15.7. The molecule has 2 aromatic carbocycles. The number of hydrogen-bond donors (Lipinski definition) is 4. The fraction of sp³-hybridized carbons (Fsp3) is 0.286. The van der Waals surface area contributed by atoms with E-state index in [-0.39, 0.29) is 30.3 Å². The van der Waals surface area contributed by atoms with Crippen molar-refractivity contribution in [2.24, 2.45) is 0 Å². The van der Waals surface area contributed by atoms with Gasteiger partial charge in [-0.05, 0) is 56.2 Å². The van der Waals surface area contributed by atoms with Crippen LogP contribution in [0.25, 0.3) is 0 Å². The summed E-state index contributed by atoms with van der Waals surface area (Å²) in [4.78, 5) is 36.0. The van der Waals surface area contributed by atoms with Gasteiger partial charge in [-0.1, -0.05) is 18.2 Å². The molecule has 0 heterocycles. The molecule has 7 nitrogen and oxygen atoms in total. The Balaban J connectivity index is 1.43. The molecular formula is C21H24N4O3. The zero-order chi connectivity index (χ0) is 19.9. The predicted octanol–water partition coefficient (Wildman–Crippen LogP) is 3.12. The summed E-state index contributed by atoms with van der Waals surface area (Å²) in [5.41, 5.74) is 1.84. The third-order valence-corrected chi connectivity index (χ3v) is 4.24. The minimum atomic E-state index is -0.306. The average Bonchev–Trinajstić information content (AvgIpc) is 3.47. The van der Waals surface area contributed by atoms with Crippen molar-refractivity contribution in [1.82, 2.24) is 10.6 Å². The van der Waals surface area contributed by atoms with E-state index in [2.05, 4.69) is 21.3 Å². The van der Waals surface area contributed by atoms with Gasteiger partial charge in [0.15, 0.2) is 0 Å². The molecule has 4 amide bonds. The van der Waals surface area contributed by atoms with E-state index in [0.717, 1.165) is 12.8 Å². The number of nitrogens with one attached hydrogen (secondary N) is 4. The first kappa shape index (κ1) is 19.4. The summed E-state index contributed by atoms with van der Waals surface area (Å²) >= 11 is 0. The van der Waals surface area contributed by atoms with Gasteiger partial charge in [-0.25, -0.2) is 4.79 Å². The first-order valence-corrected chi connectivity index (χ1v) is 9.33. The van der Waals surface area contributed by atoms with Crippen LogP contribution in [0.15, 0.2) is 54.6 Å². The van der Waals surface area contributed by atoms with E-state index in [1.807, 2.05) is 6.07 Å². The highest BCUT2D eigenvalue weighted by molar-refractivity contribution is 5.96. The molecule has 0 saturated heterocycles. The lowest BCUT2D eigenvalue weighted by atomic mass is 10.1. The van der Waals surface area contributed by atoms with Crippen LogP contribution in [-0.4, -0.2) is 29.9 Å². The first-order chi connectivity index (χ1) is 13.5. The molecule has 0 spiro atoms. The second-order valence-electron chi connectivity index (χ2n) is 6.94. The predicted molar refractivity (Wildman–Crippen MR) is 108 cm³/mol. The molecule has 1 aliphatic rings. The molecule has 28 heavy (non-hydrogen) atoms. The lowest BCUT2D eigenvalue weighted by Crippen LogP contribution is -2.35. The SMILES string of the molecule is CC(CC(=O)Nc1ccc(NC(=O)NC2CC2)cc1)NC(=O)c1ccccc1. The van der Waals surface area contributed by atoms with Crippen LogP contribution in [0.1, 0.15) is 36.5 Å². The van der Waals surface area contributed by atoms with Crippen molar-refractivity contribution in [1.29, 1.82) is 0 Å². The number of rotatable bonds is 7. The van der Waals surface area contributed by atoms with Crippen LogP contribution in [-0.2, 0) is 4.79 Å². The molecule has 7 heteroatoms. The third-order valence-electron chi connectivity index (χ3n) is 4.24. The van der Waals surface area contributed by atoms with Crippen LogP contribution < -0.4 is 21.3 Å². The highest BCUT2D eigenvalue weighted by Crippen LogP contribution is 2.19. The van der Waals surface area contributed by atoms with Gasteiger partial charge in [0.25, 0.3) is 5.91 Å². The topological polar surface area (TPSA) is 99.3 Å². The van der Waals surface area contributed by atoms with Gasteiger partial charge in [-0.2, -0.15) is 0 Å². The van der Waals surface area contributed by atoms with E-state index in [1.165, 1.54) is 0 Å². The molecule has 0 bridgehead atoms. The van der Waals surface area contributed by atoms with Crippen LogP contribution >= 0.6 is 0 Å². The summed E-state index contributed by atoms with van der Waals surface area (Å²) in [7, 11) is 0. The average molecular weight is 380 g/mol. The van der Waals surface area contributed by atoms with Crippen molar-refractivity contribution in [3.8, 4) is 0 Å². The van der Waals surface area contributed by atoms with Crippen LogP contribution in [0.4, 0.5) is 16.2 Å². The van der Waals surface area contributed by atoms with E-state index >= 15 is 0 Å². The first-order valence-electron chi connectivity index (χ1n) is 9.33. The van der Waals surface area contributed by atoms with Gasteiger partial charge in [0.2, 0.25) is 5.91 Å². The van der Waals surface area contributed by atoms with Crippen LogP contribution in [0.5, 0.6) is 0 Å². The summed E-state index contributed by atoms with van der Waals surface area (Å²) in [6, 6.07) is 15.5. The van der Waals surface area contributed by atoms with E-state index < -0.39 is 0 Å². The number of carbonyl (C=O) groups excluding carboxylic acids is 3. The van der Waals surface area contributed by atoms with Gasteiger partial charge in [0.1, 0.15) is 0 Å². The molecule has 2 aromatic rings. The zero-order valence-electron chi connectivity index (χ0n) is 15.7. The largest absolute Gasteiger partial charge is 0.349 e. The van der Waals surface area contributed by atoms with Crippen molar-refractivity contribution in [3.63, 3.8) is 0 Å². The molecule has 1 aliphatic carbocycles. The van der Waals surface area contributed by atoms with Gasteiger partial charge < -0.3 is 21.3 Å². The molecule has 0 radical (unpaired) electrons. The van der Waals surface area contributed by atoms with Crippen molar-refractivity contribution in [2.75, 3.05) is 10.6 Å². The second kappa shape index (κ2) is 9.03. The van der Waals surface area contributed by atoms with Gasteiger partial charge in [-0.15, -0.1) is 0 Å². The maximum absolute atomic E-state index is 12.2. The maximum Gasteiger partial charge on any atom is 0.319 e. The Labute approximate surface area is 163 Å². The number of urea groups is 1. The third kappa shape index (κ3) is 6.12. The Morgan fingerprint density at radius 2 is 1.54 bits per heavy atom. The minimum absolute atomic E-state index is 0.155. The molecule has 3 rings (SSSR count). The molecular weight excluding hydrogens is 356 g/mol. The van der Waals surface area contributed by atoms with Crippen molar-refractivity contribution < 1.29 is 14.4 Å². The molecule has 4 N–H and O–H groups in total. The number of carbonyl (C=O) groups is 3. The number of amides is 4. The van der Waals surface area contributed by atoms with E-state index in [0.29, 0.717) is 23.0 Å². The fourth-order valence-corrected chi connectivity index (χ4v) is 2.65. The monoisotopic (exact) mass is 380 g/mol. The Bertz CT molecular complexity index is 832. The number of benzene rings is 2. The van der Waals surface area contributed by atoms with Gasteiger partial charge >= 0.3 is 6.03 Å². The van der Waals surface area contributed by atoms with Crippen LogP contribution in [0.2, 0.25) is 0 Å². The molecule has 0 aromatic heterocycles. The van der Waals surface area contributed by atoms with Gasteiger partial charge in [0.05, 0.1) is 0 Å². The van der Waals surface area contributed by atoms with E-state index in [9.17, 15) is 14.4 Å². The number of anilines is 2. The standard InChI is InChI=1S/C21H24N4O3/c1-14(22-20(27)15-5-3-2-4-6-15)13-19(26)23-16-7-9-17(10-8-16)24-21(28)25-18-11-12-18/h2-10,14,18H,11-13H2,1H3,(H,22,27)(H,23,26)(H2,24,25,28). The lowest BCUT2D eigenvalue weighted by molar-refractivity contribution is -0.116. The normalized spacial score (nSPS) is 13.9. The maximum atomic E-state index is 12.2. The van der Waals surface area contributed by atoms with Crippen molar-refractivity contribution in [2.45, 2.75) is 38.3 Å². The molecule has 0 aliphatic heterocycles. The Morgan fingerprint density at radius 1 is 0.929 bits per heavy atom. The molecule has 1 atom stereocenters. The second-order valence-corrected chi connectivity index (χ2v) is 6.94. The van der Waals surface area contributed by atoms with Crippen molar-refractivity contribution >= 4 is 29.2 Å². The lowest BCUT2D eigenvalue weighted by Gasteiger charge is -2.14. The summed E-state index contributed by atoms with van der Waals surface area (Å²) < 4.78 is 0. The highest BCUT2D eigenvalue weighted by Gasteiger charge is 2.23. The summed E-state index contributed by atoms with van der Waals surface area (Å²) in [6.45, 7) is 1.78. The number of hydrogen-bond acceptors (Lipinski definition) is 3. The van der Waals surface area contributed by atoms with E-state index in [4.69, 9.17) is 0 Å². The Kier molecular flexibility index (Phi) is 6.26. The molecule has 146 valence electrons. The summed E-state index contributed by atoms with van der Waals surface area (Å²) in [6.07, 6.45) is 2.22. The van der Waals surface area contributed by atoms with Crippen molar-refractivity contribution in [3.05, 3.63) is 60.2 Å². The molecule has 1 saturated carbocycles. The van der Waals surface area contributed by atoms with E-state index in [1.54, 1.807) is 55.5 Å². The van der Waals surface area contributed by atoms with Gasteiger partial charge in [0, 0.05) is 35.4 Å². The minimum Gasteiger partial charge on any atom is -0.349 e. The quantitative estimate of drug-likeness (QED) is 0.594. The summed E-state index contributed by atoms with van der Waals surface area (Å²) in [5.74, 6) is -0.408. The Hall–Kier alpha value is -3.35. The summed E-state index contributed by atoms with van der Waals surface area (Å²) in [5, 5.41) is 11.2. The highest BCUT2D eigenvalue weighted by atomic mass is 16.2. The van der Waals surface area contributed by atoms with Crippen LogP contribution in [0, 0.1) is 0 Å². The van der Waals surface area contributed by atoms with Crippen LogP contribution in [0.3, 0.4) is 0 Å². The molecule has 1 fully saturated rings. The molecule has 1 unspecified atom stereocenters. The fourth-order valence-electron chi connectivity index (χ4n) is 2.65. The smallest absolute Gasteiger partial charge is 0.319 e. The van der Waals surface area contributed by atoms with Gasteiger partial charge in [-0.3, -0.25) is 9.59 Å².